The van der Waals surface area contributed by atoms with Gasteiger partial charge in [-0.2, -0.15) is 13.2 Å². The molecule has 0 aliphatic carbocycles. The third-order valence-corrected chi connectivity index (χ3v) is 6.06. The molecule has 1 aromatic heterocycles. The molecule has 10 heteroatoms. The van der Waals surface area contributed by atoms with E-state index in [0.29, 0.717) is 17.2 Å². The first-order valence-electron chi connectivity index (χ1n) is 10.9. The molecule has 1 aliphatic rings. The molecule has 1 atom stereocenters. The van der Waals surface area contributed by atoms with Crippen molar-refractivity contribution in [2.24, 2.45) is 0 Å². The number of ketones is 1. The molecule has 37 heavy (non-hydrogen) atoms. The highest BCUT2D eigenvalue weighted by Crippen LogP contribution is 2.44. The van der Waals surface area contributed by atoms with Crippen molar-refractivity contribution >= 4 is 28.3 Å². The van der Waals surface area contributed by atoms with Crippen LogP contribution < -0.4 is 9.64 Å². The average Bonchev–Trinajstić information content (AvgIpc) is 3.42. The molecule has 5 rings (SSSR count). The summed E-state index contributed by atoms with van der Waals surface area (Å²) in [6.45, 7) is 0. The zero-order valence-corrected chi connectivity index (χ0v) is 19.0. The normalized spacial score (nSPS) is 16.1. The number of anilines is 1. The van der Waals surface area contributed by atoms with Gasteiger partial charge < -0.3 is 14.3 Å². The minimum absolute atomic E-state index is 0.200. The molecule has 0 saturated heterocycles. The third kappa shape index (κ3) is 4.00. The van der Waals surface area contributed by atoms with E-state index in [1.165, 1.54) is 37.4 Å². The number of ether oxygens (including phenoxy) is 1. The second-order valence-electron chi connectivity index (χ2n) is 8.23. The Balaban J connectivity index is 1.68. The molecule has 0 bridgehead atoms. The second-order valence-corrected chi connectivity index (χ2v) is 8.23. The summed E-state index contributed by atoms with van der Waals surface area (Å²) in [6, 6.07) is 13.7. The minimum Gasteiger partial charge on any atom is -0.503 e. The zero-order chi connectivity index (χ0) is 26.5. The lowest BCUT2D eigenvalue weighted by atomic mass is 9.94. The largest absolute Gasteiger partial charge is 0.503 e. The number of rotatable bonds is 5. The van der Waals surface area contributed by atoms with Crippen LogP contribution in [0, 0.1) is 5.82 Å². The number of hydrogen-bond donors (Lipinski definition) is 1. The highest BCUT2D eigenvalue weighted by molar-refractivity contribution is 6.20. The van der Waals surface area contributed by atoms with E-state index in [1.54, 1.807) is 18.2 Å². The number of halogens is 4. The van der Waals surface area contributed by atoms with Crippen LogP contribution in [0.4, 0.5) is 23.2 Å². The van der Waals surface area contributed by atoms with Gasteiger partial charge >= 0.3 is 6.18 Å². The van der Waals surface area contributed by atoms with Gasteiger partial charge in [0.05, 0.1) is 24.3 Å². The third-order valence-electron chi connectivity index (χ3n) is 6.06. The summed E-state index contributed by atoms with van der Waals surface area (Å²) >= 11 is 0. The summed E-state index contributed by atoms with van der Waals surface area (Å²) in [6.07, 6.45) is -4.73. The highest BCUT2D eigenvalue weighted by Gasteiger charge is 2.46. The van der Waals surface area contributed by atoms with Gasteiger partial charge in [-0.25, -0.2) is 4.39 Å². The Morgan fingerprint density at radius 3 is 2.46 bits per heavy atom. The lowest BCUT2D eigenvalue weighted by molar-refractivity contribution is -0.137. The van der Waals surface area contributed by atoms with Gasteiger partial charge in [0.1, 0.15) is 5.82 Å². The molecule has 1 unspecified atom stereocenters. The van der Waals surface area contributed by atoms with E-state index in [1.807, 2.05) is 0 Å². The highest BCUT2D eigenvalue weighted by atomic mass is 19.4. The number of amides is 1. The quantitative estimate of drug-likeness (QED) is 0.248. The first-order chi connectivity index (χ1) is 17.6. The number of furan rings is 1. The Morgan fingerprint density at radius 2 is 1.76 bits per heavy atom. The van der Waals surface area contributed by atoms with Crippen LogP contribution >= 0.6 is 0 Å². The summed E-state index contributed by atoms with van der Waals surface area (Å²) in [7, 11) is 1.41. The van der Waals surface area contributed by atoms with Crippen molar-refractivity contribution < 1.29 is 41.4 Å². The molecule has 6 nitrogen and oxygen atoms in total. The number of alkyl halides is 3. The van der Waals surface area contributed by atoms with Gasteiger partial charge in [0.2, 0.25) is 5.78 Å². The van der Waals surface area contributed by atoms with Gasteiger partial charge in [0.15, 0.2) is 22.9 Å². The van der Waals surface area contributed by atoms with E-state index in [4.69, 9.17) is 9.15 Å². The molecule has 0 fully saturated rings. The van der Waals surface area contributed by atoms with Gasteiger partial charge in [-0.3, -0.25) is 14.5 Å². The average molecular weight is 511 g/mol. The van der Waals surface area contributed by atoms with E-state index >= 15 is 0 Å². The van der Waals surface area contributed by atoms with Gasteiger partial charge in [-0.05, 0) is 36.4 Å². The van der Waals surface area contributed by atoms with Crippen LogP contribution in [0.3, 0.4) is 0 Å². The number of fused-ring (bicyclic) bond motifs is 1. The van der Waals surface area contributed by atoms with Gasteiger partial charge in [-0.15, -0.1) is 0 Å². The van der Waals surface area contributed by atoms with Crippen molar-refractivity contribution in [1.82, 2.24) is 0 Å². The number of benzene rings is 3. The number of aliphatic hydroxyl groups excluding tert-OH is 1. The summed E-state index contributed by atoms with van der Waals surface area (Å²) in [5, 5.41) is 11.3. The van der Waals surface area contributed by atoms with Crippen LogP contribution in [-0.2, 0) is 11.0 Å². The summed E-state index contributed by atoms with van der Waals surface area (Å²) in [5.74, 6) is -3.90. The number of carbonyl (C=O) groups excluding carboxylic acids is 2. The van der Waals surface area contributed by atoms with Gasteiger partial charge in [0, 0.05) is 16.6 Å². The van der Waals surface area contributed by atoms with Gasteiger partial charge in [0.25, 0.3) is 5.91 Å². The van der Waals surface area contributed by atoms with E-state index in [-0.39, 0.29) is 22.6 Å². The monoisotopic (exact) mass is 511 g/mol. The minimum atomic E-state index is -4.73. The molecule has 1 amide bonds. The topological polar surface area (TPSA) is 80.0 Å². The van der Waals surface area contributed by atoms with Crippen molar-refractivity contribution in [2.75, 3.05) is 12.0 Å². The maximum absolute atomic E-state index is 15.0. The number of nitrogens with zero attached hydrogens (tertiary/aromatic N) is 1. The van der Waals surface area contributed by atoms with E-state index in [0.717, 1.165) is 23.1 Å². The number of para-hydroxylation sites is 1. The number of methoxy groups -OCH3 is 1. The lowest BCUT2D eigenvalue weighted by Crippen LogP contribution is -2.31. The van der Waals surface area contributed by atoms with Crippen molar-refractivity contribution in [3.05, 3.63) is 107 Å². The molecule has 0 radical (unpaired) electrons. The molecule has 1 aliphatic heterocycles. The molecule has 1 N–H and O–H groups in total. The molecule has 4 aromatic rings. The van der Waals surface area contributed by atoms with Crippen LogP contribution in [0.15, 0.2) is 88.5 Å². The molecule has 0 spiro atoms. The predicted octanol–water partition coefficient (Wildman–Crippen LogP) is 6.38. The number of carbonyl (C=O) groups is 2. The summed E-state index contributed by atoms with van der Waals surface area (Å²) in [5.41, 5.74) is -1.85. The van der Waals surface area contributed by atoms with E-state index in [2.05, 4.69) is 0 Å². The smallest absolute Gasteiger partial charge is 0.416 e. The summed E-state index contributed by atoms with van der Waals surface area (Å²) < 4.78 is 66.1. The van der Waals surface area contributed by atoms with Crippen LogP contribution in [0.2, 0.25) is 0 Å². The Bertz CT molecular complexity index is 1590. The van der Waals surface area contributed by atoms with Crippen LogP contribution in [0.25, 0.3) is 11.0 Å². The van der Waals surface area contributed by atoms with Crippen molar-refractivity contribution in [2.45, 2.75) is 12.2 Å². The maximum atomic E-state index is 15.0. The fourth-order valence-electron chi connectivity index (χ4n) is 4.37. The van der Waals surface area contributed by atoms with Crippen LogP contribution in [0.5, 0.6) is 5.75 Å². The summed E-state index contributed by atoms with van der Waals surface area (Å²) in [4.78, 5) is 27.6. The fraction of sp³-hybridized carbons (Fsp3) is 0.111. The number of aliphatic hydroxyl groups is 1. The maximum Gasteiger partial charge on any atom is 0.416 e. The number of hydrogen-bond acceptors (Lipinski definition) is 5. The predicted molar refractivity (Wildman–Crippen MR) is 125 cm³/mol. The number of Topliss-reactive ketones (excluding diaryl/α,β-unsaturated/α-hetero) is 1. The Morgan fingerprint density at radius 1 is 1.03 bits per heavy atom. The Kier molecular flexibility index (Phi) is 5.74. The first kappa shape index (κ1) is 24.1. The van der Waals surface area contributed by atoms with Crippen molar-refractivity contribution in [1.29, 1.82) is 0 Å². The van der Waals surface area contributed by atoms with Crippen molar-refractivity contribution in [3.63, 3.8) is 0 Å². The molecular weight excluding hydrogens is 494 g/mol. The first-order valence-corrected chi connectivity index (χ1v) is 10.9. The SMILES string of the molecule is COc1cccc2cc(C(=O)C3=C(O)C(=O)N(c4cccc(C(F)(F)F)c4)C3c3ccccc3F)oc12. The van der Waals surface area contributed by atoms with Crippen LogP contribution in [0.1, 0.15) is 27.7 Å². The van der Waals surface area contributed by atoms with E-state index in [9.17, 15) is 32.3 Å². The molecule has 0 saturated carbocycles. The van der Waals surface area contributed by atoms with E-state index < -0.39 is 46.6 Å². The van der Waals surface area contributed by atoms with Crippen LogP contribution in [-0.4, -0.2) is 23.9 Å². The van der Waals surface area contributed by atoms with Crippen molar-refractivity contribution in [3.8, 4) is 5.75 Å². The standard InChI is InChI=1S/C27H17F4NO5/c1-36-19-11-4-6-14-12-20(37-25(14)19)23(33)21-22(17-9-2-3-10-18(17)28)32(26(35)24(21)34)16-8-5-7-15(13-16)27(29,30)31/h2-13,22,34H,1H3. The Labute approximate surface area is 207 Å². The lowest BCUT2D eigenvalue weighted by Gasteiger charge is -2.27. The molecule has 188 valence electrons. The zero-order valence-electron chi connectivity index (χ0n) is 19.0. The Hall–Kier alpha value is -4.60. The fourth-order valence-corrected chi connectivity index (χ4v) is 4.37. The second kappa shape index (κ2) is 8.81. The molecule has 2 heterocycles. The molecular formula is C27H17F4NO5. The van der Waals surface area contributed by atoms with Gasteiger partial charge in [-0.1, -0.05) is 36.4 Å². The molecule has 3 aromatic carbocycles.